The van der Waals surface area contributed by atoms with E-state index in [9.17, 15) is 0 Å². The Morgan fingerprint density at radius 3 is 2.81 bits per heavy atom. The average molecular weight is 303 g/mol. The molecule has 1 N–H and O–H groups in total. The lowest BCUT2D eigenvalue weighted by atomic mass is 9.83. The molecule has 0 aromatic heterocycles. The van der Waals surface area contributed by atoms with E-state index in [2.05, 4.69) is 27.3 Å². The minimum absolute atomic E-state index is 0.838. The van der Waals surface area contributed by atoms with E-state index in [1.54, 1.807) is 0 Å². The fraction of sp³-hybridized carbons (Fsp3) is 0.538. The molecule has 0 unspecified atom stereocenters. The lowest BCUT2D eigenvalue weighted by molar-refractivity contribution is 0.292. The first-order valence-electron chi connectivity index (χ1n) is 5.90. The number of hydrogen-bond donors (Lipinski definition) is 1. The number of rotatable bonds is 5. The summed E-state index contributed by atoms with van der Waals surface area (Å²) in [5.41, 5.74) is 1.18. The molecule has 1 aliphatic carbocycles. The van der Waals surface area contributed by atoms with Gasteiger partial charge in [-0.1, -0.05) is 52.9 Å². The normalized spacial score (nSPS) is 16.1. The van der Waals surface area contributed by atoms with Gasteiger partial charge in [-0.3, -0.25) is 0 Å². The molecule has 0 radical (unpaired) electrons. The minimum Gasteiger partial charge on any atom is -0.313 e. The molecule has 1 aromatic carbocycles. The summed E-state index contributed by atoms with van der Waals surface area (Å²) in [6, 6.07) is 6.06. The highest BCUT2D eigenvalue weighted by Crippen LogP contribution is 2.28. The summed E-state index contributed by atoms with van der Waals surface area (Å²) in [6.07, 6.45) is 5.61. The van der Waals surface area contributed by atoms with Gasteiger partial charge in [0.1, 0.15) is 0 Å². The van der Waals surface area contributed by atoms with Crippen molar-refractivity contribution < 1.29 is 0 Å². The van der Waals surface area contributed by atoms with Crippen molar-refractivity contribution in [3.63, 3.8) is 0 Å². The van der Waals surface area contributed by atoms with Crippen LogP contribution in [0.1, 0.15) is 31.2 Å². The van der Waals surface area contributed by atoms with E-state index in [0.717, 1.165) is 28.5 Å². The quantitative estimate of drug-likeness (QED) is 0.796. The molecule has 0 atom stereocenters. The van der Waals surface area contributed by atoms with E-state index < -0.39 is 0 Å². The molecule has 0 bridgehead atoms. The molecule has 0 amide bonds. The zero-order valence-corrected chi connectivity index (χ0v) is 11.6. The van der Waals surface area contributed by atoms with E-state index in [0.29, 0.717) is 0 Å². The Hall–Kier alpha value is -0.0500. The van der Waals surface area contributed by atoms with Crippen molar-refractivity contribution in [1.29, 1.82) is 0 Å². The molecule has 1 saturated carbocycles. The van der Waals surface area contributed by atoms with E-state index in [1.807, 2.05) is 12.1 Å². The standard InChI is InChI=1S/C13H17BrClN/c14-12-5-4-11(13(15)8-12)9-16-7-6-10-2-1-3-10/h4-5,8,10,16H,1-3,6-7,9H2. The largest absolute Gasteiger partial charge is 0.313 e. The van der Waals surface area contributed by atoms with E-state index in [4.69, 9.17) is 11.6 Å². The first-order valence-corrected chi connectivity index (χ1v) is 7.07. The number of halogens is 2. The topological polar surface area (TPSA) is 12.0 Å². The zero-order valence-electron chi connectivity index (χ0n) is 9.31. The molecule has 1 nitrogen and oxygen atoms in total. The third-order valence-corrected chi connectivity index (χ3v) is 4.13. The second kappa shape index (κ2) is 6.04. The van der Waals surface area contributed by atoms with Crippen LogP contribution in [0.2, 0.25) is 5.02 Å². The zero-order chi connectivity index (χ0) is 11.4. The summed E-state index contributed by atoms with van der Waals surface area (Å²) in [4.78, 5) is 0. The molecule has 0 heterocycles. The van der Waals surface area contributed by atoms with Crippen LogP contribution in [0, 0.1) is 5.92 Å². The molecule has 2 rings (SSSR count). The molecular weight excluding hydrogens is 286 g/mol. The molecule has 0 aliphatic heterocycles. The summed E-state index contributed by atoms with van der Waals surface area (Å²) < 4.78 is 1.04. The highest BCUT2D eigenvalue weighted by molar-refractivity contribution is 9.10. The summed E-state index contributed by atoms with van der Waals surface area (Å²) in [5, 5.41) is 4.30. The van der Waals surface area contributed by atoms with Crippen LogP contribution < -0.4 is 5.32 Å². The molecule has 1 aliphatic rings. The van der Waals surface area contributed by atoms with E-state index in [1.165, 1.54) is 31.2 Å². The third-order valence-electron chi connectivity index (χ3n) is 3.28. The van der Waals surface area contributed by atoms with Crippen molar-refractivity contribution in [1.82, 2.24) is 5.32 Å². The maximum Gasteiger partial charge on any atom is 0.0462 e. The fourth-order valence-corrected chi connectivity index (χ4v) is 2.72. The van der Waals surface area contributed by atoms with Gasteiger partial charge >= 0.3 is 0 Å². The van der Waals surface area contributed by atoms with E-state index in [-0.39, 0.29) is 0 Å². The highest BCUT2D eigenvalue weighted by Gasteiger charge is 2.16. The molecule has 1 aromatic rings. The van der Waals surface area contributed by atoms with Gasteiger partial charge in [-0.25, -0.2) is 0 Å². The monoisotopic (exact) mass is 301 g/mol. The predicted molar refractivity (Wildman–Crippen MR) is 72.8 cm³/mol. The maximum absolute atomic E-state index is 6.14. The Kier molecular flexibility index (Phi) is 4.68. The van der Waals surface area contributed by atoms with Gasteiger partial charge in [0, 0.05) is 16.0 Å². The summed E-state index contributed by atoms with van der Waals surface area (Å²) in [5.74, 6) is 0.980. The molecule has 1 fully saturated rings. The first-order chi connectivity index (χ1) is 7.75. The van der Waals surface area contributed by atoms with Gasteiger partial charge in [0.05, 0.1) is 0 Å². The Bertz CT molecular complexity index is 350. The van der Waals surface area contributed by atoms with Gasteiger partial charge < -0.3 is 5.32 Å². The molecule has 0 spiro atoms. The minimum atomic E-state index is 0.838. The van der Waals surface area contributed by atoms with Gasteiger partial charge in [-0.15, -0.1) is 0 Å². The van der Waals surface area contributed by atoms with Crippen molar-refractivity contribution in [3.8, 4) is 0 Å². The highest BCUT2D eigenvalue weighted by atomic mass is 79.9. The molecule has 3 heteroatoms. The van der Waals surface area contributed by atoms with Crippen molar-refractivity contribution in [2.24, 2.45) is 5.92 Å². The molecule has 0 saturated heterocycles. The second-order valence-corrected chi connectivity index (χ2v) is 5.82. The van der Waals surface area contributed by atoms with Crippen molar-refractivity contribution in [3.05, 3.63) is 33.3 Å². The van der Waals surface area contributed by atoms with Gasteiger partial charge in [0.2, 0.25) is 0 Å². The maximum atomic E-state index is 6.14. The van der Waals surface area contributed by atoms with Gasteiger partial charge in [-0.05, 0) is 36.6 Å². The molecule has 88 valence electrons. The predicted octanol–water partition coefficient (Wildman–Crippen LogP) is 4.38. The van der Waals surface area contributed by atoms with Crippen LogP contribution in [0.25, 0.3) is 0 Å². The van der Waals surface area contributed by atoms with Crippen LogP contribution >= 0.6 is 27.5 Å². The smallest absolute Gasteiger partial charge is 0.0462 e. The van der Waals surface area contributed by atoms with E-state index >= 15 is 0 Å². The van der Waals surface area contributed by atoms with Crippen LogP contribution in [0.5, 0.6) is 0 Å². The number of nitrogens with one attached hydrogen (secondary N) is 1. The van der Waals surface area contributed by atoms with Crippen LogP contribution in [0.15, 0.2) is 22.7 Å². The summed E-state index contributed by atoms with van der Waals surface area (Å²) in [6.45, 7) is 1.98. The SMILES string of the molecule is Clc1cc(Br)ccc1CNCCC1CCC1. The first kappa shape index (κ1) is 12.4. The fourth-order valence-electron chi connectivity index (χ4n) is 1.98. The van der Waals surface area contributed by atoms with Crippen LogP contribution in [0.3, 0.4) is 0 Å². The van der Waals surface area contributed by atoms with Gasteiger partial charge in [0.25, 0.3) is 0 Å². The number of benzene rings is 1. The Labute approximate surface area is 111 Å². The second-order valence-electron chi connectivity index (χ2n) is 4.50. The van der Waals surface area contributed by atoms with Crippen LogP contribution in [-0.2, 0) is 6.54 Å². The average Bonchev–Trinajstić information content (AvgIpc) is 2.18. The lowest BCUT2D eigenvalue weighted by Crippen LogP contribution is -2.21. The molecule has 16 heavy (non-hydrogen) atoms. The summed E-state index contributed by atoms with van der Waals surface area (Å²) >= 11 is 9.55. The van der Waals surface area contributed by atoms with Crippen LogP contribution in [0.4, 0.5) is 0 Å². The van der Waals surface area contributed by atoms with Gasteiger partial charge in [-0.2, -0.15) is 0 Å². The lowest BCUT2D eigenvalue weighted by Gasteiger charge is -2.25. The van der Waals surface area contributed by atoms with Crippen LogP contribution in [-0.4, -0.2) is 6.54 Å². The van der Waals surface area contributed by atoms with Crippen molar-refractivity contribution >= 4 is 27.5 Å². The molecular formula is C13H17BrClN. The third kappa shape index (κ3) is 3.47. The summed E-state index contributed by atoms with van der Waals surface area (Å²) in [7, 11) is 0. The Balaban J connectivity index is 1.71. The Morgan fingerprint density at radius 1 is 1.38 bits per heavy atom. The van der Waals surface area contributed by atoms with Gasteiger partial charge in [0.15, 0.2) is 0 Å². The number of hydrogen-bond acceptors (Lipinski definition) is 1. The van der Waals surface area contributed by atoms with Crippen molar-refractivity contribution in [2.45, 2.75) is 32.2 Å². The Morgan fingerprint density at radius 2 is 2.19 bits per heavy atom. The van der Waals surface area contributed by atoms with Crippen molar-refractivity contribution in [2.75, 3.05) is 6.54 Å².